The second-order valence-corrected chi connectivity index (χ2v) is 5.10. The highest BCUT2D eigenvalue weighted by atomic mass is 32.2. The average Bonchev–Trinajstić information content (AvgIpc) is 2.29. The number of amides is 1. The Morgan fingerprint density at radius 2 is 2.24 bits per heavy atom. The molecule has 1 fully saturated rings. The van der Waals surface area contributed by atoms with E-state index in [1.165, 1.54) is 28.8 Å². The molecule has 2 rings (SSSR count). The van der Waals surface area contributed by atoms with Gasteiger partial charge in [0, 0.05) is 24.3 Å². The fraction of sp³-hybridized carbons (Fsp3) is 0.200. The van der Waals surface area contributed by atoms with Crippen molar-refractivity contribution < 1.29 is 9.72 Å². The molecule has 1 saturated heterocycles. The Morgan fingerprint density at radius 3 is 2.88 bits per heavy atom. The molecule has 0 saturated carbocycles. The minimum atomic E-state index is -0.492. The van der Waals surface area contributed by atoms with Crippen LogP contribution in [0.3, 0.4) is 0 Å². The van der Waals surface area contributed by atoms with Crippen molar-refractivity contribution in [2.24, 2.45) is 0 Å². The van der Waals surface area contributed by atoms with E-state index in [1.807, 2.05) is 0 Å². The fourth-order valence-electron chi connectivity index (χ4n) is 1.50. The van der Waals surface area contributed by atoms with Crippen LogP contribution in [0.5, 0.6) is 0 Å². The summed E-state index contributed by atoms with van der Waals surface area (Å²) in [5, 5.41) is 10.7. The van der Waals surface area contributed by atoms with E-state index in [9.17, 15) is 14.9 Å². The number of thiocarbonyl (C=S) groups is 1. The van der Waals surface area contributed by atoms with Gasteiger partial charge in [-0.05, 0) is 6.07 Å². The molecule has 0 atom stereocenters. The number of nitro groups is 1. The molecule has 17 heavy (non-hydrogen) atoms. The number of nitrogens with zero attached hydrogens (tertiary/aromatic N) is 2. The zero-order chi connectivity index (χ0) is 12.4. The van der Waals surface area contributed by atoms with Gasteiger partial charge in [0.15, 0.2) is 0 Å². The second-order valence-electron chi connectivity index (χ2n) is 3.37. The number of carbonyl (C=O) groups excluding carboxylic acids is 1. The molecule has 1 aliphatic rings. The van der Waals surface area contributed by atoms with Gasteiger partial charge in [0.05, 0.1) is 10.6 Å². The molecule has 1 amide bonds. The van der Waals surface area contributed by atoms with E-state index < -0.39 is 4.92 Å². The van der Waals surface area contributed by atoms with Crippen molar-refractivity contribution in [3.8, 4) is 0 Å². The second kappa shape index (κ2) is 4.80. The van der Waals surface area contributed by atoms with E-state index >= 15 is 0 Å². The van der Waals surface area contributed by atoms with Gasteiger partial charge in [-0.3, -0.25) is 19.8 Å². The van der Waals surface area contributed by atoms with Crippen molar-refractivity contribution in [3.05, 3.63) is 34.4 Å². The number of anilines is 1. The number of rotatable bonds is 2. The number of thioether (sulfide) groups is 1. The first-order valence-electron chi connectivity index (χ1n) is 4.84. The van der Waals surface area contributed by atoms with Gasteiger partial charge in [-0.25, -0.2) is 0 Å². The summed E-state index contributed by atoms with van der Waals surface area (Å²) in [6, 6.07) is 5.93. The van der Waals surface area contributed by atoms with Crippen molar-refractivity contribution in [2.75, 3.05) is 10.7 Å². The van der Waals surface area contributed by atoms with E-state index in [-0.39, 0.29) is 11.6 Å². The molecule has 0 bridgehead atoms. The van der Waals surface area contributed by atoms with Gasteiger partial charge in [-0.1, -0.05) is 30.0 Å². The van der Waals surface area contributed by atoms with Crippen LogP contribution in [0.1, 0.15) is 6.42 Å². The molecular weight excluding hydrogens is 260 g/mol. The molecule has 0 unspecified atom stereocenters. The summed E-state index contributed by atoms with van der Waals surface area (Å²) in [5.41, 5.74) is 0.412. The SMILES string of the molecule is O=C1CCSC(=S)N1c1cccc([N+](=O)[O-])c1. The van der Waals surface area contributed by atoms with Crippen LogP contribution in [0.25, 0.3) is 0 Å². The number of nitro benzene ring substituents is 1. The van der Waals surface area contributed by atoms with Crippen LogP contribution in [0.15, 0.2) is 24.3 Å². The molecule has 0 N–H and O–H groups in total. The molecule has 1 aromatic carbocycles. The zero-order valence-corrected chi connectivity index (χ0v) is 10.3. The van der Waals surface area contributed by atoms with E-state index in [1.54, 1.807) is 12.1 Å². The lowest BCUT2D eigenvalue weighted by atomic mass is 10.2. The quantitative estimate of drug-likeness (QED) is 0.468. The Labute approximate surface area is 107 Å². The lowest BCUT2D eigenvalue weighted by Crippen LogP contribution is -2.37. The highest BCUT2D eigenvalue weighted by Crippen LogP contribution is 2.28. The highest BCUT2D eigenvalue weighted by molar-refractivity contribution is 8.23. The monoisotopic (exact) mass is 268 g/mol. The Balaban J connectivity index is 2.38. The van der Waals surface area contributed by atoms with Crippen LogP contribution < -0.4 is 4.90 Å². The van der Waals surface area contributed by atoms with Gasteiger partial charge in [0.2, 0.25) is 5.91 Å². The first kappa shape index (κ1) is 12.0. The predicted octanol–water partition coefficient (Wildman–Crippen LogP) is 2.35. The zero-order valence-electron chi connectivity index (χ0n) is 8.66. The number of non-ortho nitro benzene ring substituents is 1. The summed E-state index contributed by atoms with van der Waals surface area (Å²) < 4.78 is 0.446. The molecule has 0 spiro atoms. The Kier molecular flexibility index (Phi) is 3.39. The van der Waals surface area contributed by atoms with Crippen LogP contribution >= 0.6 is 24.0 Å². The largest absolute Gasteiger partial charge is 0.274 e. The maximum absolute atomic E-state index is 11.7. The van der Waals surface area contributed by atoms with Gasteiger partial charge in [0.1, 0.15) is 4.32 Å². The molecule has 1 aliphatic heterocycles. The summed E-state index contributed by atoms with van der Waals surface area (Å²) in [7, 11) is 0. The van der Waals surface area contributed by atoms with Crippen LogP contribution in [0.4, 0.5) is 11.4 Å². The maximum atomic E-state index is 11.7. The topological polar surface area (TPSA) is 63.5 Å². The smallest absolute Gasteiger partial charge is 0.271 e. The van der Waals surface area contributed by atoms with Crippen molar-refractivity contribution in [2.45, 2.75) is 6.42 Å². The number of hydrogen-bond acceptors (Lipinski definition) is 5. The summed E-state index contributed by atoms with van der Waals surface area (Å²) >= 11 is 6.50. The normalized spacial score (nSPS) is 16.1. The lowest BCUT2D eigenvalue weighted by molar-refractivity contribution is -0.384. The van der Waals surface area contributed by atoms with Crippen LogP contribution in [0, 0.1) is 10.1 Å². The molecule has 7 heteroatoms. The van der Waals surface area contributed by atoms with Gasteiger partial charge in [0.25, 0.3) is 5.69 Å². The van der Waals surface area contributed by atoms with E-state index in [4.69, 9.17) is 12.2 Å². The Morgan fingerprint density at radius 1 is 1.47 bits per heavy atom. The first-order chi connectivity index (χ1) is 8.09. The van der Waals surface area contributed by atoms with Crippen molar-refractivity contribution in [1.29, 1.82) is 0 Å². The minimum absolute atomic E-state index is 0.0475. The molecule has 0 radical (unpaired) electrons. The van der Waals surface area contributed by atoms with E-state index in [0.717, 1.165) is 0 Å². The standard InChI is InChI=1S/C10H8N2O3S2/c13-9-4-5-17-10(16)11(9)7-2-1-3-8(6-7)12(14)15/h1-3,6H,4-5H2. The lowest BCUT2D eigenvalue weighted by Gasteiger charge is -2.26. The van der Waals surface area contributed by atoms with E-state index in [0.29, 0.717) is 22.2 Å². The third-order valence-corrected chi connectivity index (χ3v) is 3.65. The molecule has 5 nitrogen and oxygen atoms in total. The Hall–Kier alpha value is -1.47. The summed E-state index contributed by atoms with van der Waals surface area (Å²) in [6.07, 6.45) is 0.396. The minimum Gasteiger partial charge on any atom is -0.274 e. The van der Waals surface area contributed by atoms with Crippen molar-refractivity contribution in [1.82, 2.24) is 0 Å². The average molecular weight is 268 g/mol. The maximum Gasteiger partial charge on any atom is 0.271 e. The molecule has 88 valence electrons. The van der Waals surface area contributed by atoms with Crippen molar-refractivity contribution >= 4 is 45.6 Å². The third kappa shape index (κ3) is 2.45. The fourth-order valence-corrected chi connectivity index (χ4v) is 2.74. The third-order valence-electron chi connectivity index (χ3n) is 2.27. The molecule has 0 aromatic heterocycles. The van der Waals surface area contributed by atoms with Gasteiger partial charge in [-0.15, -0.1) is 0 Å². The summed E-state index contributed by atoms with van der Waals surface area (Å²) in [5.74, 6) is 0.553. The Bertz CT molecular complexity index is 488. The number of hydrogen-bond donors (Lipinski definition) is 0. The van der Waals surface area contributed by atoms with Gasteiger partial charge >= 0.3 is 0 Å². The predicted molar refractivity (Wildman–Crippen MR) is 70.3 cm³/mol. The van der Waals surface area contributed by atoms with Crippen molar-refractivity contribution in [3.63, 3.8) is 0 Å². The van der Waals surface area contributed by atoms with E-state index in [2.05, 4.69) is 0 Å². The molecule has 1 aromatic rings. The summed E-state index contributed by atoms with van der Waals surface area (Å²) in [4.78, 5) is 23.3. The first-order valence-corrected chi connectivity index (χ1v) is 6.23. The number of benzene rings is 1. The molecule has 0 aliphatic carbocycles. The molecular formula is C10H8N2O3S2. The summed E-state index contributed by atoms with van der Waals surface area (Å²) in [6.45, 7) is 0. The van der Waals surface area contributed by atoms with Gasteiger partial charge < -0.3 is 0 Å². The van der Waals surface area contributed by atoms with Crippen LogP contribution in [-0.2, 0) is 4.79 Å². The van der Waals surface area contributed by atoms with Crippen LogP contribution in [0.2, 0.25) is 0 Å². The van der Waals surface area contributed by atoms with Gasteiger partial charge in [-0.2, -0.15) is 0 Å². The number of carbonyl (C=O) groups is 1. The highest BCUT2D eigenvalue weighted by Gasteiger charge is 2.26. The molecule has 1 heterocycles. The van der Waals surface area contributed by atoms with Crippen LogP contribution in [-0.4, -0.2) is 20.9 Å².